The van der Waals surface area contributed by atoms with Gasteiger partial charge < -0.3 is 15.5 Å². The molecule has 1 saturated heterocycles. The van der Waals surface area contributed by atoms with Crippen molar-refractivity contribution in [1.82, 2.24) is 4.90 Å². The van der Waals surface area contributed by atoms with Crippen molar-refractivity contribution in [3.8, 4) is 6.07 Å². The average Bonchev–Trinajstić information content (AvgIpc) is 3.21. The number of likely N-dealkylation sites (tertiary alicyclic amines) is 1. The number of amides is 3. The van der Waals surface area contributed by atoms with Crippen LogP contribution < -0.4 is 10.6 Å². The molecule has 2 aliphatic heterocycles. The lowest BCUT2D eigenvalue weighted by Crippen LogP contribution is -2.44. The zero-order valence-corrected chi connectivity index (χ0v) is 14.3. The minimum absolute atomic E-state index is 0.00484. The number of anilines is 2. The maximum Gasteiger partial charge on any atom is 0.313 e. The van der Waals surface area contributed by atoms with Gasteiger partial charge in [-0.25, -0.2) is 0 Å². The standard InChI is InChI=1S/C20H16N4O3/c21-11-14-10-20(15-8-4-5-9-16(15)23-19(20)27)12-24(14)18(26)17(25)22-13-6-2-1-3-7-13/h1-9,14H,10,12H2,(H,22,25)(H,23,27)/t14-,20-/m0/s1. The molecule has 7 nitrogen and oxygen atoms in total. The van der Waals surface area contributed by atoms with Crippen LogP contribution in [0.2, 0.25) is 0 Å². The van der Waals surface area contributed by atoms with Gasteiger partial charge in [0.1, 0.15) is 6.04 Å². The zero-order chi connectivity index (χ0) is 19.0. The first-order chi connectivity index (χ1) is 13.0. The van der Waals surface area contributed by atoms with Gasteiger partial charge in [-0.1, -0.05) is 36.4 Å². The fraction of sp³-hybridized carbons (Fsp3) is 0.200. The van der Waals surface area contributed by atoms with Crippen LogP contribution in [0, 0.1) is 11.3 Å². The molecule has 0 aromatic heterocycles. The first kappa shape index (κ1) is 16.8. The molecule has 2 aromatic rings. The number of nitrogens with zero attached hydrogens (tertiary/aromatic N) is 2. The Morgan fingerprint density at radius 3 is 2.59 bits per heavy atom. The Morgan fingerprint density at radius 1 is 1.15 bits per heavy atom. The molecule has 0 aliphatic carbocycles. The highest BCUT2D eigenvalue weighted by Crippen LogP contribution is 2.46. The average molecular weight is 360 g/mol. The summed E-state index contributed by atoms with van der Waals surface area (Å²) in [6.07, 6.45) is 0.163. The number of hydrogen-bond acceptors (Lipinski definition) is 4. The Bertz CT molecular complexity index is 982. The second-order valence-corrected chi connectivity index (χ2v) is 6.68. The highest BCUT2D eigenvalue weighted by Gasteiger charge is 2.56. The molecule has 2 atom stereocenters. The monoisotopic (exact) mass is 360 g/mol. The van der Waals surface area contributed by atoms with E-state index in [9.17, 15) is 19.6 Å². The summed E-state index contributed by atoms with van der Waals surface area (Å²) in [5, 5.41) is 14.9. The van der Waals surface area contributed by atoms with Crippen molar-refractivity contribution in [2.24, 2.45) is 0 Å². The number of nitriles is 1. The molecule has 2 heterocycles. The van der Waals surface area contributed by atoms with Crippen LogP contribution in [0.4, 0.5) is 11.4 Å². The van der Waals surface area contributed by atoms with Crippen molar-refractivity contribution in [3.63, 3.8) is 0 Å². The predicted molar refractivity (Wildman–Crippen MR) is 97.6 cm³/mol. The molecular weight excluding hydrogens is 344 g/mol. The van der Waals surface area contributed by atoms with Gasteiger partial charge >= 0.3 is 11.8 Å². The molecule has 1 fully saturated rings. The van der Waals surface area contributed by atoms with E-state index < -0.39 is 23.3 Å². The van der Waals surface area contributed by atoms with Crippen LogP contribution in [0.25, 0.3) is 0 Å². The van der Waals surface area contributed by atoms with Gasteiger partial charge in [0.15, 0.2) is 0 Å². The van der Waals surface area contributed by atoms with E-state index in [4.69, 9.17) is 0 Å². The fourth-order valence-electron chi connectivity index (χ4n) is 3.80. The lowest BCUT2D eigenvalue weighted by Gasteiger charge is -2.22. The van der Waals surface area contributed by atoms with Gasteiger partial charge in [-0.15, -0.1) is 0 Å². The summed E-state index contributed by atoms with van der Waals surface area (Å²) in [4.78, 5) is 39.0. The smallest absolute Gasteiger partial charge is 0.313 e. The van der Waals surface area contributed by atoms with E-state index in [1.54, 1.807) is 36.4 Å². The van der Waals surface area contributed by atoms with Crippen LogP contribution in [0.5, 0.6) is 0 Å². The van der Waals surface area contributed by atoms with Gasteiger partial charge in [0.2, 0.25) is 5.91 Å². The van der Waals surface area contributed by atoms with Crippen LogP contribution in [0.15, 0.2) is 54.6 Å². The maximum atomic E-state index is 12.7. The van der Waals surface area contributed by atoms with Gasteiger partial charge in [-0.05, 0) is 23.8 Å². The Kier molecular flexibility index (Phi) is 3.89. The van der Waals surface area contributed by atoms with Crippen molar-refractivity contribution < 1.29 is 14.4 Å². The second-order valence-electron chi connectivity index (χ2n) is 6.68. The number of rotatable bonds is 1. The Balaban J connectivity index is 1.61. The van der Waals surface area contributed by atoms with Crippen LogP contribution in [-0.4, -0.2) is 35.2 Å². The van der Waals surface area contributed by atoms with Crippen LogP contribution in [-0.2, 0) is 19.8 Å². The zero-order valence-electron chi connectivity index (χ0n) is 14.3. The summed E-state index contributed by atoms with van der Waals surface area (Å²) in [5.74, 6) is -1.90. The van der Waals surface area contributed by atoms with Crippen LogP contribution in [0.1, 0.15) is 12.0 Å². The SMILES string of the molecule is N#C[C@@H]1C[C@@]2(CN1C(=O)C(=O)Nc1ccccc1)C(=O)Nc1ccccc12. The number of carbonyl (C=O) groups is 3. The molecule has 1 spiro atoms. The molecule has 27 heavy (non-hydrogen) atoms. The minimum atomic E-state index is -1.00. The molecule has 0 unspecified atom stereocenters. The molecule has 0 radical (unpaired) electrons. The number of carbonyl (C=O) groups excluding carboxylic acids is 3. The third kappa shape index (κ3) is 2.62. The molecule has 0 bridgehead atoms. The summed E-state index contributed by atoms with van der Waals surface area (Å²) in [6.45, 7) is -0.00484. The van der Waals surface area contributed by atoms with Crippen LogP contribution in [0.3, 0.4) is 0 Å². The van der Waals surface area contributed by atoms with E-state index in [0.717, 1.165) is 5.56 Å². The van der Waals surface area contributed by atoms with Gasteiger partial charge in [0.05, 0.1) is 11.5 Å². The van der Waals surface area contributed by atoms with Crippen molar-refractivity contribution in [2.45, 2.75) is 17.9 Å². The van der Waals surface area contributed by atoms with Crippen molar-refractivity contribution >= 4 is 29.1 Å². The second kappa shape index (κ2) is 6.25. The first-order valence-electron chi connectivity index (χ1n) is 8.53. The largest absolute Gasteiger partial charge is 0.325 e. The van der Waals surface area contributed by atoms with E-state index in [2.05, 4.69) is 16.7 Å². The third-order valence-electron chi connectivity index (χ3n) is 5.12. The predicted octanol–water partition coefficient (Wildman–Crippen LogP) is 1.64. The Morgan fingerprint density at radius 2 is 1.85 bits per heavy atom. The number of fused-ring (bicyclic) bond motifs is 2. The maximum absolute atomic E-state index is 12.7. The molecule has 3 amide bonds. The number of hydrogen-bond donors (Lipinski definition) is 2. The lowest BCUT2D eigenvalue weighted by atomic mass is 9.80. The van der Waals surface area contributed by atoms with Crippen molar-refractivity contribution in [2.75, 3.05) is 17.2 Å². The number of para-hydroxylation sites is 2. The van der Waals surface area contributed by atoms with E-state index in [0.29, 0.717) is 11.4 Å². The molecule has 2 N–H and O–H groups in total. The summed E-state index contributed by atoms with van der Waals surface area (Å²) >= 11 is 0. The number of benzene rings is 2. The van der Waals surface area contributed by atoms with E-state index in [1.807, 2.05) is 18.2 Å². The summed E-state index contributed by atoms with van der Waals surface area (Å²) < 4.78 is 0. The normalized spacial score (nSPS) is 22.9. The Hall–Kier alpha value is -3.66. The molecule has 4 rings (SSSR count). The lowest BCUT2D eigenvalue weighted by molar-refractivity contribution is -0.143. The van der Waals surface area contributed by atoms with Crippen molar-refractivity contribution in [3.05, 3.63) is 60.2 Å². The van der Waals surface area contributed by atoms with Crippen LogP contribution >= 0.6 is 0 Å². The molecular formula is C20H16N4O3. The quantitative estimate of drug-likeness (QED) is 0.755. The summed E-state index contributed by atoms with van der Waals surface area (Å²) in [5.41, 5.74) is 0.929. The Labute approximate surface area is 155 Å². The fourth-order valence-corrected chi connectivity index (χ4v) is 3.80. The van der Waals surface area contributed by atoms with Gasteiger partial charge in [0.25, 0.3) is 0 Å². The van der Waals surface area contributed by atoms with E-state index >= 15 is 0 Å². The number of nitrogens with one attached hydrogen (secondary N) is 2. The topological polar surface area (TPSA) is 102 Å². The molecule has 0 saturated carbocycles. The first-order valence-corrected chi connectivity index (χ1v) is 8.53. The van der Waals surface area contributed by atoms with Gasteiger partial charge in [-0.3, -0.25) is 14.4 Å². The minimum Gasteiger partial charge on any atom is -0.325 e. The van der Waals surface area contributed by atoms with Crippen molar-refractivity contribution in [1.29, 1.82) is 5.26 Å². The third-order valence-corrected chi connectivity index (χ3v) is 5.12. The summed E-state index contributed by atoms with van der Waals surface area (Å²) in [6, 6.07) is 17.0. The van der Waals surface area contributed by atoms with Gasteiger partial charge in [0, 0.05) is 24.3 Å². The molecule has 134 valence electrons. The summed E-state index contributed by atoms with van der Waals surface area (Å²) in [7, 11) is 0. The van der Waals surface area contributed by atoms with E-state index in [1.165, 1.54) is 4.90 Å². The van der Waals surface area contributed by atoms with E-state index in [-0.39, 0.29) is 18.9 Å². The highest BCUT2D eigenvalue weighted by molar-refractivity contribution is 6.39. The molecule has 7 heteroatoms. The molecule has 2 aliphatic rings. The highest BCUT2D eigenvalue weighted by atomic mass is 16.2. The molecule has 2 aromatic carbocycles. The van der Waals surface area contributed by atoms with Gasteiger partial charge in [-0.2, -0.15) is 5.26 Å².